The number of likely N-dealkylation sites (tertiary alicyclic amines) is 1. The van der Waals surface area contributed by atoms with E-state index in [0.29, 0.717) is 35.8 Å². The van der Waals surface area contributed by atoms with Crippen molar-refractivity contribution in [1.82, 2.24) is 29.3 Å². The van der Waals surface area contributed by atoms with Crippen molar-refractivity contribution in [3.8, 4) is 11.1 Å². The molecule has 14 nitrogen and oxygen atoms in total. The second-order valence-electron chi connectivity index (χ2n) is 12.7. The number of nitrogens with one attached hydrogen (secondary N) is 1. The van der Waals surface area contributed by atoms with Gasteiger partial charge in [-0.1, -0.05) is 26.0 Å². The molecule has 0 spiro atoms. The summed E-state index contributed by atoms with van der Waals surface area (Å²) in [5, 5.41) is 11.4. The van der Waals surface area contributed by atoms with Crippen LogP contribution in [0.25, 0.3) is 16.6 Å². The van der Waals surface area contributed by atoms with E-state index in [9.17, 15) is 19.2 Å². The fourth-order valence-electron chi connectivity index (χ4n) is 6.29. The number of nitrogens with two attached hydrogens (primary N) is 1. The molecule has 1 atom stereocenters. The lowest BCUT2D eigenvalue weighted by atomic mass is 9.92. The van der Waals surface area contributed by atoms with Gasteiger partial charge in [-0.2, -0.15) is 19.6 Å². The number of amides is 5. The van der Waals surface area contributed by atoms with Crippen LogP contribution >= 0.6 is 0 Å². The van der Waals surface area contributed by atoms with E-state index in [1.54, 1.807) is 25.4 Å². The Kier molecular flexibility index (Phi) is 8.34. The average molecular weight is 640 g/mol. The van der Waals surface area contributed by atoms with Crippen molar-refractivity contribution >= 4 is 52.7 Å². The van der Waals surface area contributed by atoms with Crippen molar-refractivity contribution in [1.29, 1.82) is 0 Å². The van der Waals surface area contributed by atoms with Crippen LogP contribution in [0, 0.1) is 11.8 Å². The summed E-state index contributed by atoms with van der Waals surface area (Å²) in [5.41, 5.74) is 10.5. The zero-order valence-electron chi connectivity index (χ0n) is 27.1. The minimum atomic E-state index is -1.23. The molecule has 5 heterocycles. The van der Waals surface area contributed by atoms with Crippen LogP contribution in [0.2, 0.25) is 0 Å². The summed E-state index contributed by atoms with van der Waals surface area (Å²) < 4.78 is 4.72. The number of piperidine rings is 1. The van der Waals surface area contributed by atoms with Crippen LogP contribution < -0.4 is 16.0 Å². The van der Waals surface area contributed by atoms with Crippen molar-refractivity contribution in [3.63, 3.8) is 0 Å². The first-order valence-corrected chi connectivity index (χ1v) is 15.8. The Morgan fingerprint density at radius 3 is 2.36 bits per heavy atom. The summed E-state index contributed by atoms with van der Waals surface area (Å²) in [6.45, 7) is 8.83. The predicted molar refractivity (Wildman–Crippen MR) is 176 cm³/mol. The van der Waals surface area contributed by atoms with Crippen molar-refractivity contribution in [2.45, 2.75) is 52.5 Å². The summed E-state index contributed by atoms with van der Waals surface area (Å²) in [5.74, 6) is -1.78. The maximum atomic E-state index is 13.5. The van der Waals surface area contributed by atoms with Crippen LogP contribution in [-0.2, 0) is 21.4 Å². The molecule has 47 heavy (non-hydrogen) atoms. The first-order chi connectivity index (χ1) is 22.4. The molecule has 1 aromatic carbocycles. The highest BCUT2D eigenvalue weighted by molar-refractivity contribution is 6.28. The molecule has 3 N–H and O–H groups in total. The molecule has 0 bridgehead atoms. The van der Waals surface area contributed by atoms with Gasteiger partial charge in [0.2, 0.25) is 11.8 Å². The molecule has 0 saturated carbocycles. The number of benzene rings is 1. The maximum Gasteiger partial charge on any atom is 0.506 e. The van der Waals surface area contributed by atoms with Gasteiger partial charge in [-0.3, -0.25) is 14.3 Å². The molecule has 1 fully saturated rings. The lowest BCUT2D eigenvalue weighted by Crippen LogP contribution is -2.55. The molecule has 3 aromatic heterocycles. The van der Waals surface area contributed by atoms with E-state index in [2.05, 4.69) is 26.6 Å². The van der Waals surface area contributed by atoms with E-state index in [4.69, 9.17) is 5.73 Å². The third-order valence-electron chi connectivity index (χ3n) is 8.79. The van der Waals surface area contributed by atoms with E-state index in [-0.39, 0.29) is 23.8 Å². The van der Waals surface area contributed by atoms with E-state index >= 15 is 0 Å². The largest absolute Gasteiger partial charge is 0.506 e. The number of anilines is 3. The lowest BCUT2D eigenvalue weighted by molar-refractivity contribution is -0.459. The van der Waals surface area contributed by atoms with Gasteiger partial charge in [0.15, 0.2) is 17.4 Å². The van der Waals surface area contributed by atoms with E-state index in [0.717, 1.165) is 34.6 Å². The first-order valence-electron chi connectivity index (χ1n) is 15.8. The summed E-state index contributed by atoms with van der Waals surface area (Å²) in [7, 11) is 1.68. The van der Waals surface area contributed by atoms with Crippen LogP contribution in [0.3, 0.4) is 0 Å². The van der Waals surface area contributed by atoms with Gasteiger partial charge in [-0.25, -0.2) is 14.3 Å². The number of carbonyl (C=O) groups excluding carboxylic acids is 4. The zero-order valence-corrected chi connectivity index (χ0v) is 27.1. The number of hydrogen-bond donors (Lipinski definition) is 2. The molecular formula is C33H39N10O4+. The molecule has 0 aliphatic carbocycles. The molecular weight excluding hydrogens is 600 g/mol. The standard InChI is InChI=1S/C33H38N10O4/c1-19(2)31(45)40-12-10-22(11-13-40)27-14-25(28-29(34)35-18-37-43(27)28)21-6-8-23(9-7-21)38-30(44)26-17-41(20(3)4)33(47)42(32(26)46)24-15-36-39(5)16-24/h6-9,14-20,22,26H,10-13H2,1-5H3,(H2-,34,35,37,38,44)/p+1. The second-order valence-corrected chi connectivity index (χ2v) is 12.7. The van der Waals surface area contributed by atoms with Gasteiger partial charge in [0, 0.05) is 48.9 Å². The molecule has 4 aromatic rings. The number of aromatic nitrogens is 5. The minimum Gasteiger partial charge on any atom is -0.382 e. The number of aryl methyl sites for hydroxylation is 1. The Bertz CT molecular complexity index is 1900. The van der Waals surface area contributed by atoms with Crippen molar-refractivity contribution in [2.24, 2.45) is 18.9 Å². The summed E-state index contributed by atoms with van der Waals surface area (Å²) in [4.78, 5) is 59.8. The maximum absolute atomic E-state index is 13.5. The molecule has 6 rings (SSSR count). The third kappa shape index (κ3) is 5.86. The molecule has 0 radical (unpaired) electrons. The third-order valence-corrected chi connectivity index (χ3v) is 8.79. The van der Waals surface area contributed by atoms with Gasteiger partial charge in [0.05, 0.1) is 24.7 Å². The van der Waals surface area contributed by atoms with Gasteiger partial charge >= 0.3 is 11.9 Å². The van der Waals surface area contributed by atoms with Gasteiger partial charge in [-0.15, -0.1) is 4.90 Å². The number of nitrogen functional groups attached to an aromatic ring is 1. The van der Waals surface area contributed by atoms with Crippen molar-refractivity contribution < 1.29 is 23.8 Å². The van der Waals surface area contributed by atoms with Crippen LogP contribution in [0.5, 0.6) is 0 Å². The quantitative estimate of drug-likeness (QED) is 0.230. The fraction of sp³-hybridized carbons (Fsp3) is 0.394. The molecule has 14 heteroatoms. The predicted octanol–water partition coefficient (Wildman–Crippen LogP) is 3.29. The van der Waals surface area contributed by atoms with Gasteiger partial charge < -0.3 is 16.0 Å². The highest BCUT2D eigenvalue weighted by Gasteiger charge is 2.48. The number of hydrogen-bond acceptors (Lipinski definition) is 8. The first kappa shape index (κ1) is 31.6. The normalized spacial score (nSPS) is 17.6. The number of imide groups is 1. The van der Waals surface area contributed by atoms with Gasteiger partial charge in [0.1, 0.15) is 11.8 Å². The number of rotatable bonds is 7. The average Bonchev–Trinajstić information content (AvgIpc) is 3.65. The Morgan fingerprint density at radius 2 is 1.74 bits per heavy atom. The molecule has 1 unspecified atom stereocenters. The van der Waals surface area contributed by atoms with E-state index in [1.165, 1.54) is 28.0 Å². The van der Waals surface area contributed by atoms with Gasteiger partial charge in [0.25, 0.3) is 0 Å². The monoisotopic (exact) mass is 639 g/mol. The highest BCUT2D eigenvalue weighted by Crippen LogP contribution is 2.37. The zero-order chi connectivity index (χ0) is 33.6. The van der Waals surface area contributed by atoms with Crippen LogP contribution in [0.15, 0.2) is 49.1 Å². The number of fused-ring (bicyclic) bond motifs is 1. The smallest absolute Gasteiger partial charge is 0.382 e. The van der Waals surface area contributed by atoms with Crippen molar-refractivity contribution in [2.75, 3.05) is 29.0 Å². The van der Waals surface area contributed by atoms with E-state index < -0.39 is 23.8 Å². The van der Waals surface area contributed by atoms with Crippen LogP contribution in [-0.4, -0.2) is 83.0 Å². The molecule has 5 amide bonds. The Hall–Kier alpha value is -5.40. The molecule has 1 saturated heterocycles. The Labute approximate surface area is 271 Å². The number of urea groups is 1. The minimum absolute atomic E-state index is 0.0330. The summed E-state index contributed by atoms with van der Waals surface area (Å²) in [6.07, 6.45) is 7.42. The Morgan fingerprint density at radius 1 is 1.04 bits per heavy atom. The van der Waals surface area contributed by atoms with Crippen LogP contribution in [0.1, 0.15) is 52.1 Å². The Balaban J connectivity index is 1.24. The SMILES string of the molecule is CC(C)C(=O)N1CCC(c2cc(-c3ccc(NC(=O)C4C=[N+](C(C)C)C(=O)N(c5cnn(C)c5)C4=O)cc3)c3c(N)ncnn23)CC1. The number of carbonyl (C=O) groups is 4. The van der Waals surface area contributed by atoms with Crippen molar-refractivity contribution in [3.05, 3.63) is 54.7 Å². The molecule has 2 aliphatic rings. The summed E-state index contributed by atoms with van der Waals surface area (Å²) in [6, 6.07) is 8.50. The van der Waals surface area contributed by atoms with Crippen LogP contribution in [0.4, 0.5) is 22.0 Å². The molecule has 2 aliphatic heterocycles. The molecule has 244 valence electrons. The fourth-order valence-corrected chi connectivity index (χ4v) is 6.29. The summed E-state index contributed by atoms with van der Waals surface area (Å²) >= 11 is 0. The second kappa shape index (κ2) is 12.4. The highest BCUT2D eigenvalue weighted by atomic mass is 16.2. The lowest BCUT2D eigenvalue weighted by Gasteiger charge is -2.33. The topological polar surface area (TPSA) is 164 Å². The van der Waals surface area contributed by atoms with Gasteiger partial charge in [-0.05, 0) is 50.5 Å². The number of nitrogens with zero attached hydrogens (tertiary/aromatic N) is 8. The van der Waals surface area contributed by atoms with E-state index in [1.807, 2.05) is 49.2 Å².